The van der Waals surface area contributed by atoms with Crippen molar-refractivity contribution in [1.29, 1.82) is 0 Å². The van der Waals surface area contributed by atoms with Crippen molar-refractivity contribution in [3.8, 4) is 5.75 Å². The van der Waals surface area contributed by atoms with Crippen LogP contribution in [0.25, 0.3) is 0 Å². The van der Waals surface area contributed by atoms with Crippen LogP contribution in [0.5, 0.6) is 5.75 Å². The zero-order valence-electron chi connectivity index (χ0n) is 14.1. The maximum absolute atomic E-state index is 11.7. The monoisotopic (exact) mass is 332 g/mol. The van der Waals surface area contributed by atoms with E-state index >= 15 is 0 Å². The Morgan fingerprint density at radius 1 is 1.12 bits per heavy atom. The number of carbonyl (C=O) groups is 1. The van der Waals surface area contributed by atoms with Crippen molar-refractivity contribution in [1.82, 2.24) is 5.32 Å². The summed E-state index contributed by atoms with van der Waals surface area (Å²) in [6.07, 6.45) is -0.538. The molecule has 7 heteroatoms. The number of nitrogens with one attached hydrogen (secondary N) is 2. The Kier molecular flexibility index (Phi) is 4.92. The van der Waals surface area contributed by atoms with Gasteiger partial charge < -0.3 is 20.1 Å². The number of anilines is 2. The van der Waals surface area contributed by atoms with Gasteiger partial charge in [0.05, 0.1) is 7.11 Å². The molecule has 0 spiro atoms. The number of para-hydroxylation sites is 1. The summed E-state index contributed by atoms with van der Waals surface area (Å²) in [5.74, 6) is 0.00917. The second-order valence-electron chi connectivity index (χ2n) is 6.20. The number of ether oxygens (including phenoxy) is 2. The van der Waals surface area contributed by atoms with Gasteiger partial charge in [0.15, 0.2) is 5.75 Å². The third-order valence-corrected chi connectivity index (χ3v) is 3.17. The van der Waals surface area contributed by atoms with E-state index in [4.69, 9.17) is 9.47 Å². The molecule has 24 heavy (non-hydrogen) atoms. The maximum Gasteiger partial charge on any atom is 0.407 e. The molecule has 0 bridgehead atoms. The normalized spacial score (nSPS) is 11.2. The standard InChI is InChI=1S/C17H20N2O5/c1-17(2,3)24-16(22)18-9-10-7-5-6-8-11(10)19-12-13(20)14(21)15(12)23-4/h5-8,19H,9H2,1-4H3,(H,18,22). The summed E-state index contributed by atoms with van der Waals surface area (Å²) in [7, 11) is 1.33. The molecule has 0 radical (unpaired) electrons. The molecule has 0 saturated carbocycles. The SMILES string of the molecule is COc1c(Nc2ccccc2CNC(=O)OC(C)(C)C)c(=O)c1=O. The Morgan fingerprint density at radius 2 is 1.79 bits per heavy atom. The molecule has 0 atom stereocenters. The van der Waals surface area contributed by atoms with Crippen LogP contribution < -0.4 is 26.2 Å². The summed E-state index contributed by atoms with van der Waals surface area (Å²) in [6, 6.07) is 7.11. The minimum absolute atomic E-state index is 0.00917. The molecular weight excluding hydrogens is 312 g/mol. The van der Waals surface area contributed by atoms with Crippen LogP contribution in [-0.2, 0) is 11.3 Å². The molecule has 7 nitrogen and oxygen atoms in total. The predicted octanol–water partition coefficient (Wildman–Crippen LogP) is 2.06. The third-order valence-electron chi connectivity index (χ3n) is 3.17. The first-order valence-corrected chi connectivity index (χ1v) is 7.42. The second kappa shape index (κ2) is 6.74. The number of methoxy groups -OCH3 is 1. The molecule has 0 aromatic heterocycles. The highest BCUT2D eigenvalue weighted by atomic mass is 16.6. The molecule has 0 aliphatic heterocycles. The van der Waals surface area contributed by atoms with Crippen molar-refractivity contribution >= 4 is 17.5 Å². The Morgan fingerprint density at radius 3 is 2.42 bits per heavy atom. The number of amides is 1. The molecule has 0 fully saturated rings. The van der Waals surface area contributed by atoms with Gasteiger partial charge in [-0.3, -0.25) is 9.59 Å². The topological polar surface area (TPSA) is 93.7 Å². The number of benzene rings is 1. The Bertz CT molecular complexity index is 813. The molecule has 1 amide bonds. The lowest BCUT2D eigenvalue weighted by atomic mass is 10.1. The molecule has 128 valence electrons. The minimum Gasteiger partial charge on any atom is -0.491 e. The number of alkyl carbamates (subject to hydrolysis) is 1. The number of carbonyl (C=O) groups excluding carboxylic acids is 1. The van der Waals surface area contributed by atoms with E-state index in [-0.39, 0.29) is 18.0 Å². The molecule has 2 rings (SSSR count). The number of hydrogen-bond acceptors (Lipinski definition) is 6. The first kappa shape index (κ1) is 17.5. The van der Waals surface area contributed by atoms with E-state index in [2.05, 4.69) is 10.6 Å². The van der Waals surface area contributed by atoms with Crippen LogP contribution in [0, 0.1) is 0 Å². The van der Waals surface area contributed by atoms with E-state index < -0.39 is 22.6 Å². The minimum atomic E-state index is -0.649. The number of rotatable bonds is 5. The van der Waals surface area contributed by atoms with E-state index in [1.165, 1.54) is 7.11 Å². The predicted molar refractivity (Wildman–Crippen MR) is 90.7 cm³/mol. The quantitative estimate of drug-likeness (QED) is 0.814. The summed E-state index contributed by atoms with van der Waals surface area (Å²) >= 11 is 0. The molecule has 2 N–H and O–H groups in total. The van der Waals surface area contributed by atoms with Crippen molar-refractivity contribution in [2.75, 3.05) is 12.4 Å². The van der Waals surface area contributed by atoms with Crippen LogP contribution in [0.4, 0.5) is 16.2 Å². The van der Waals surface area contributed by atoms with Crippen LogP contribution >= 0.6 is 0 Å². The zero-order valence-corrected chi connectivity index (χ0v) is 14.1. The molecular formula is C17H20N2O5. The largest absolute Gasteiger partial charge is 0.491 e. The molecule has 0 unspecified atom stereocenters. The van der Waals surface area contributed by atoms with Crippen molar-refractivity contribution < 1.29 is 14.3 Å². The molecule has 2 aromatic carbocycles. The fraction of sp³-hybridized carbons (Fsp3) is 0.353. The van der Waals surface area contributed by atoms with Gasteiger partial charge >= 0.3 is 6.09 Å². The van der Waals surface area contributed by atoms with Gasteiger partial charge in [-0.05, 0) is 32.4 Å². The smallest absolute Gasteiger partial charge is 0.407 e. The highest BCUT2D eigenvalue weighted by molar-refractivity contribution is 5.72. The highest BCUT2D eigenvalue weighted by Gasteiger charge is 2.22. The van der Waals surface area contributed by atoms with Crippen molar-refractivity contribution in [2.45, 2.75) is 32.9 Å². The molecule has 0 heterocycles. The van der Waals surface area contributed by atoms with Crippen LogP contribution in [0.1, 0.15) is 26.3 Å². The Hall–Kier alpha value is -2.83. The van der Waals surface area contributed by atoms with Crippen LogP contribution in [0.3, 0.4) is 0 Å². The summed E-state index contributed by atoms with van der Waals surface area (Å²) in [5, 5.41) is 5.54. The summed E-state index contributed by atoms with van der Waals surface area (Å²) in [4.78, 5) is 34.8. The molecule has 0 aliphatic rings. The van der Waals surface area contributed by atoms with Crippen LogP contribution in [0.15, 0.2) is 33.9 Å². The average molecular weight is 332 g/mol. The second-order valence-corrected chi connectivity index (χ2v) is 6.20. The van der Waals surface area contributed by atoms with Gasteiger partial charge in [0.25, 0.3) is 10.9 Å². The lowest BCUT2D eigenvalue weighted by Crippen LogP contribution is -2.35. The van der Waals surface area contributed by atoms with E-state index in [1.807, 2.05) is 0 Å². The van der Waals surface area contributed by atoms with Crippen LogP contribution in [0.2, 0.25) is 0 Å². The van der Waals surface area contributed by atoms with Gasteiger partial charge in [-0.2, -0.15) is 0 Å². The van der Waals surface area contributed by atoms with Gasteiger partial charge in [0, 0.05) is 12.2 Å². The Balaban J connectivity index is 2.11. The van der Waals surface area contributed by atoms with Crippen molar-refractivity contribution in [2.24, 2.45) is 0 Å². The fourth-order valence-electron chi connectivity index (χ4n) is 2.09. The Labute approximate surface area is 139 Å². The first-order chi connectivity index (χ1) is 11.2. The van der Waals surface area contributed by atoms with Crippen molar-refractivity contribution in [3.63, 3.8) is 0 Å². The van der Waals surface area contributed by atoms with Crippen molar-refractivity contribution in [3.05, 3.63) is 50.3 Å². The molecule has 0 saturated heterocycles. The van der Waals surface area contributed by atoms with Gasteiger partial charge in [-0.15, -0.1) is 0 Å². The molecule has 2 aromatic rings. The van der Waals surface area contributed by atoms with E-state index in [9.17, 15) is 14.4 Å². The van der Waals surface area contributed by atoms with E-state index in [1.54, 1.807) is 45.0 Å². The average Bonchev–Trinajstić information content (AvgIpc) is 2.51. The van der Waals surface area contributed by atoms with Gasteiger partial charge in [0.2, 0.25) is 0 Å². The van der Waals surface area contributed by atoms with Crippen LogP contribution in [-0.4, -0.2) is 18.8 Å². The van der Waals surface area contributed by atoms with E-state index in [0.717, 1.165) is 5.56 Å². The lowest BCUT2D eigenvalue weighted by Gasteiger charge is -2.20. The van der Waals surface area contributed by atoms with E-state index in [0.29, 0.717) is 5.69 Å². The zero-order chi connectivity index (χ0) is 17.9. The molecule has 0 aliphatic carbocycles. The van der Waals surface area contributed by atoms with Gasteiger partial charge in [-0.25, -0.2) is 4.79 Å². The maximum atomic E-state index is 11.7. The van der Waals surface area contributed by atoms with Gasteiger partial charge in [0.1, 0.15) is 11.3 Å². The summed E-state index contributed by atoms with van der Waals surface area (Å²) in [5.41, 5.74) is -0.408. The summed E-state index contributed by atoms with van der Waals surface area (Å²) in [6.45, 7) is 5.54. The highest BCUT2D eigenvalue weighted by Crippen LogP contribution is 2.24. The lowest BCUT2D eigenvalue weighted by molar-refractivity contribution is 0.0523. The fourth-order valence-corrected chi connectivity index (χ4v) is 2.09. The summed E-state index contributed by atoms with van der Waals surface area (Å²) < 4.78 is 10.1. The van der Waals surface area contributed by atoms with Gasteiger partial charge in [-0.1, -0.05) is 18.2 Å². The first-order valence-electron chi connectivity index (χ1n) is 7.42. The third kappa shape index (κ3) is 3.92. The number of hydrogen-bond donors (Lipinski definition) is 2.